The van der Waals surface area contributed by atoms with Crippen LogP contribution >= 0.6 is 11.6 Å². The highest BCUT2D eigenvalue weighted by Gasteiger charge is 2.29. The number of nitrogens with one attached hydrogen (secondary N) is 1. The molecule has 0 aliphatic carbocycles. The van der Waals surface area contributed by atoms with E-state index in [0.717, 1.165) is 45.6 Å². The molecule has 0 aromatic heterocycles. The molecule has 0 bridgehead atoms. The van der Waals surface area contributed by atoms with Gasteiger partial charge in [-0.1, -0.05) is 11.6 Å². The molecule has 2 heterocycles. The minimum Gasteiger partial charge on any atom is -0.496 e. The van der Waals surface area contributed by atoms with Gasteiger partial charge in [0.25, 0.3) is 11.8 Å². The largest absolute Gasteiger partial charge is 0.496 e. The number of carbonyl (C=O) groups is 2. The summed E-state index contributed by atoms with van der Waals surface area (Å²) in [7, 11) is 3.05. The predicted molar refractivity (Wildman–Crippen MR) is 127 cm³/mol. The average molecular weight is 483 g/mol. The number of halogens is 1. The summed E-state index contributed by atoms with van der Waals surface area (Å²) < 4.78 is 16.3. The number of nitrogens with two attached hydrogens (primary N) is 1. The fourth-order valence-corrected chi connectivity index (χ4v) is 4.51. The molecule has 10 heteroatoms. The van der Waals surface area contributed by atoms with Crippen LogP contribution in [0, 0.1) is 5.92 Å². The van der Waals surface area contributed by atoms with Crippen molar-refractivity contribution < 1.29 is 23.8 Å². The Bertz CT molecular complexity index is 831. The number of nitrogen functional groups attached to an aromatic ring is 1. The molecule has 184 valence electrons. The van der Waals surface area contributed by atoms with Gasteiger partial charge in [-0.3, -0.25) is 14.5 Å². The van der Waals surface area contributed by atoms with Crippen LogP contribution in [0.5, 0.6) is 5.75 Å². The number of methoxy groups -OCH3 is 2. The first-order valence-corrected chi connectivity index (χ1v) is 11.8. The number of anilines is 1. The zero-order valence-electron chi connectivity index (χ0n) is 19.6. The molecule has 2 saturated heterocycles. The molecular weight excluding hydrogens is 448 g/mol. The smallest absolute Gasteiger partial charge is 0.255 e. The van der Waals surface area contributed by atoms with Crippen LogP contribution in [0.2, 0.25) is 5.02 Å². The van der Waals surface area contributed by atoms with Crippen LogP contribution in [0.15, 0.2) is 12.1 Å². The van der Waals surface area contributed by atoms with Gasteiger partial charge in [0, 0.05) is 52.4 Å². The molecular formula is C23H35ClN4O5. The van der Waals surface area contributed by atoms with Gasteiger partial charge in [0.2, 0.25) is 0 Å². The maximum atomic E-state index is 12.7. The number of hydrogen-bond acceptors (Lipinski definition) is 7. The standard InChI is InChI=1S/C23H35ClN4O5/c1-15(31-2)23(30)28-6-4-16(5-7-28)13-27-8-9-33-17(14-27)12-26-22(29)18-10-19(24)20(25)11-21(18)32-3/h10-11,15-17H,4-9,12-14,25H2,1-3H3,(H,26,29)/t15-,17?/m0/s1. The third kappa shape index (κ3) is 6.72. The lowest BCUT2D eigenvalue weighted by molar-refractivity contribution is -0.142. The normalized spacial score (nSPS) is 21.0. The van der Waals surface area contributed by atoms with Crippen molar-refractivity contribution in [3.05, 3.63) is 22.7 Å². The van der Waals surface area contributed by atoms with Gasteiger partial charge in [0.1, 0.15) is 11.9 Å². The Kier molecular flexibility index (Phi) is 9.19. The topological polar surface area (TPSA) is 106 Å². The minimum absolute atomic E-state index is 0.0668. The molecule has 2 aliphatic heterocycles. The van der Waals surface area contributed by atoms with Gasteiger partial charge in [-0.25, -0.2) is 0 Å². The molecule has 1 unspecified atom stereocenters. The summed E-state index contributed by atoms with van der Waals surface area (Å²) in [4.78, 5) is 29.3. The summed E-state index contributed by atoms with van der Waals surface area (Å²) >= 11 is 6.08. The number of amides is 2. The Morgan fingerprint density at radius 2 is 2.00 bits per heavy atom. The van der Waals surface area contributed by atoms with Crippen molar-refractivity contribution in [3.8, 4) is 5.75 Å². The number of nitrogens with zero attached hydrogens (tertiary/aromatic N) is 2. The minimum atomic E-state index is -0.388. The molecule has 2 amide bonds. The van der Waals surface area contributed by atoms with Crippen molar-refractivity contribution >= 4 is 29.1 Å². The molecule has 0 saturated carbocycles. The summed E-state index contributed by atoms with van der Waals surface area (Å²) in [5.41, 5.74) is 6.50. The van der Waals surface area contributed by atoms with Crippen LogP contribution in [0.3, 0.4) is 0 Å². The second-order valence-electron chi connectivity index (χ2n) is 8.68. The van der Waals surface area contributed by atoms with Crippen LogP contribution in [-0.4, -0.2) is 93.9 Å². The van der Waals surface area contributed by atoms with Crippen molar-refractivity contribution in [2.24, 2.45) is 5.92 Å². The van der Waals surface area contributed by atoms with E-state index >= 15 is 0 Å². The van der Waals surface area contributed by atoms with E-state index in [9.17, 15) is 9.59 Å². The SMILES string of the molecule is COc1cc(N)c(Cl)cc1C(=O)NCC1CN(CC2CCN(C(=O)[C@H](C)OC)CC2)CCO1. The van der Waals surface area contributed by atoms with E-state index in [4.69, 9.17) is 31.5 Å². The summed E-state index contributed by atoms with van der Waals surface area (Å²) in [5.74, 6) is 0.709. The van der Waals surface area contributed by atoms with Crippen molar-refractivity contribution in [2.75, 3.05) is 65.8 Å². The number of ether oxygens (including phenoxy) is 3. The molecule has 0 radical (unpaired) electrons. The van der Waals surface area contributed by atoms with Gasteiger partial charge in [-0.15, -0.1) is 0 Å². The van der Waals surface area contributed by atoms with Crippen LogP contribution in [0.4, 0.5) is 5.69 Å². The van der Waals surface area contributed by atoms with Crippen molar-refractivity contribution in [3.63, 3.8) is 0 Å². The molecule has 9 nitrogen and oxygen atoms in total. The summed E-state index contributed by atoms with van der Waals surface area (Å²) in [5, 5.41) is 3.23. The maximum Gasteiger partial charge on any atom is 0.255 e. The number of morpholine rings is 1. The Labute approximate surface area is 200 Å². The number of rotatable bonds is 8. The van der Waals surface area contributed by atoms with Gasteiger partial charge in [0.05, 0.1) is 36.1 Å². The lowest BCUT2D eigenvalue weighted by Crippen LogP contribution is -2.50. The first-order valence-electron chi connectivity index (χ1n) is 11.4. The Morgan fingerprint density at radius 1 is 1.27 bits per heavy atom. The van der Waals surface area contributed by atoms with E-state index in [1.165, 1.54) is 13.2 Å². The Balaban J connectivity index is 1.45. The number of benzene rings is 1. The summed E-state index contributed by atoms with van der Waals surface area (Å²) in [6, 6.07) is 3.06. The molecule has 1 aromatic carbocycles. The van der Waals surface area contributed by atoms with Gasteiger partial charge < -0.3 is 30.2 Å². The quantitative estimate of drug-likeness (QED) is 0.542. The number of hydrogen-bond donors (Lipinski definition) is 2. The maximum absolute atomic E-state index is 12.7. The molecule has 3 rings (SSSR count). The first-order chi connectivity index (χ1) is 15.8. The fraction of sp³-hybridized carbons (Fsp3) is 0.652. The highest BCUT2D eigenvalue weighted by atomic mass is 35.5. The zero-order chi connectivity index (χ0) is 24.0. The lowest BCUT2D eigenvalue weighted by atomic mass is 9.95. The number of piperidine rings is 1. The highest BCUT2D eigenvalue weighted by molar-refractivity contribution is 6.33. The number of carbonyl (C=O) groups excluding carboxylic acids is 2. The molecule has 0 spiro atoms. The highest BCUT2D eigenvalue weighted by Crippen LogP contribution is 2.28. The lowest BCUT2D eigenvalue weighted by Gasteiger charge is -2.38. The molecule has 1 aromatic rings. The van der Waals surface area contributed by atoms with E-state index in [1.807, 2.05) is 4.90 Å². The van der Waals surface area contributed by atoms with Gasteiger partial charge >= 0.3 is 0 Å². The van der Waals surface area contributed by atoms with E-state index < -0.39 is 0 Å². The summed E-state index contributed by atoms with van der Waals surface area (Å²) in [6.07, 6.45) is 1.49. The van der Waals surface area contributed by atoms with Crippen LogP contribution in [-0.2, 0) is 14.3 Å². The fourth-order valence-electron chi connectivity index (χ4n) is 4.35. The second-order valence-corrected chi connectivity index (χ2v) is 9.09. The van der Waals surface area contributed by atoms with Crippen LogP contribution in [0.1, 0.15) is 30.1 Å². The van der Waals surface area contributed by atoms with Crippen molar-refractivity contribution in [1.29, 1.82) is 0 Å². The molecule has 2 aliphatic rings. The third-order valence-corrected chi connectivity index (χ3v) is 6.75. The van der Waals surface area contributed by atoms with E-state index in [2.05, 4.69) is 10.2 Å². The van der Waals surface area contributed by atoms with Crippen LogP contribution < -0.4 is 15.8 Å². The molecule has 2 atom stereocenters. The Morgan fingerprint density at radius 3 is 2.67 bits per heavy atom. The van der Waals surface area contributed by atoms with Gasteiger partial charge in [-0.05, 0) is 31.7 Å². The van der Waals surface area contributed by atoms with E-state index in [-0.39, 0.29) is 24.0 Å². The predicted octanol–water partition coefficient (Wildman–Crippen LogP) is 1.63. The van der Waals surface area contributed by atoms with Gasteiger partial charge in [0.15, 0.2) is 0 Å². The van der Waals surface area contributed by atoms with Crippen LogP contribution in [0.25, 0.3) is 0 Å². The molecule has 3 N–H and O–H groups in total. The van der Waals surface area contributed by atoms with E-state index in [0.29, 0.717) is 41.1 Å². The molecule has 2 fully saturated rings. The number of likely N-dealkylation sites (tertiary alicyclic amines) is 1. The molecule has 33 heavy (non-hydrogen) atoms. The monoisotopic (exact) mass is 482 g/mol. The first kappa shape index (κ1) is 25.6. The third-order valence-electron chi connectivity index (χ3n) is 6.42. The van der Waals surface area contributed by atoms with Crippen molar-refractivity contribution in [1.82, 2.24) is 15.1 Å². The Hall–Kier alpha value is -2.07. The zero-order valence-corrected chi connectivity index (χ0v) is 20.4. The van der Waals surface area contributed by atoms with Gasteiger partial charge in [-0.2, -0.15) is 0 Å². The second kappa shape index (κ2) is 11.9. The van der Waals surface area contributed by atoms with E-state index in [1.54, 1.807) is 20.1 Å². The average Bonchev–Trinajstić information content (AvgIpc) is 2.83. The summed E-state index contributed by atoms with van der Waals surface area (Å²) in [6.45, 7) is 6.93. The van der Waals surface area contributed by atoms with Crippen molar-refractivity contribution in [2.45, 2.75) is 32.0 Å².